The van der Waals surface area contributed by atoms with Crippen molar-refractivity contribution < 1.29 is 8.78 Å². The fraction of sp³-hybridized carbons (Fsp3) is 0.167. The van der Waals surface area contributed by atoms with Crippen molar-refractivity contribution in [1.82, 2.24) is 4.57 Å². The number of hydrogen-bond acceptors (Lipinski definition) is 1. The molecule has 0 aliphatic rings. The maximum Gasteiger partial charge on any atom is 0.131 e. The molecule has 2 nitrogen and oxygen atoms in total. The lowest BCUT2D eigenvalue weighted by atomic mass is 10.2. The molecule has 2 rings (SSSR count). The van der Waals surface area contributed by atoms with Crippen LogP contribution in [0.25, 0.3) is 0 Å². The van der Waals surface area contributed by atoms with E-state index >= 15 is 0 Å². The molecule has 16 heavy (non-hydrogen) atoms. The van der Waals surface area contributed by atoms with Gasteiger partial charge in [-0.3, -0.25) is 0 Å². The van der Waals surface area contributed by atoms with Crippen LogP contribution in [0.3, 0.4) is 0 Å². The van der Waals surface area contributed by atoms with Crippen molar-refractivity contribution >= 4 is 0 Å². The van der Waals surface area contributed by atoms with Crippen molar-refractivity contribution in [2.24, 2.45) is 5.73 Å². The van der Waals surface area contributed by atoms with Gasteiger partial charge in [0.1, 0.15) is 11.6 Å². The first kappa shape index (κ1) is 10.8. The van der Waals surface area contributed by atoms with E-state index in [1.807, 2.05) is 23.0 Å². The highest BCUT2D eigenvalue weighted by atomic mass is 19.1. The average Bonchev–Trinajstić information content (AvgIpc) is 2.70. The Morgan fingerprint density at radius 2 is 2.00 bits per heavy atom. The van der Waals surface area contributed by atoms with Gasteiger partial charge in [0.2, 0.25) is 0 Å². The van der Waals surface area contributed by atoms with E-state index in [0.29, 0.717) is 18.7 Å². The van der Waals surface area contributed by atoms with Crippen LogP contribution < -0.4 is 5.73 Å². The molecule has 0 radical (unpaired) electrons. The molecule has 0 unspecified atom stereocenters. The number of hydrogen-bond donors (Lipinski definition) is 1. The third kappa shape index (κ3) is 2.28. The van der Waals surface area contributed by atoms with Crippen molar-refractivity contribution in [3.05, 3.63) is 59.4 Å². The van der Waals surface area contributed by atoms with Crippen molar-refractivity contribution in [3.63, 3.8) is 0 Å². The zero-order chi connectivity index (χ0) is 11.5. The van der Waals surface area contributed by atoms with Crippen molar-refractivity contribution in [3.8, 4) is 0 Å². The van der Waals surface area contributed by atoms with Crippen molar-refractivity contribution in [2.75, 3.05) is 0 Å². The first-order valence-corrected chi connectivity index (χ1v) is 4.97. The summed E-state index contributed by atoms with van der Waals surface area (Å²) in [5, 5.41) is 0. The molecule has 2 N–H and O–H groups in total. The molecule has 0 bridgehead atoms. The van der Waals surface area contributed by atoms with Gasteiger partial charge in [-0.2, -0.15) is 0 Å². The largest absolute Gasteiger partial charge is 0.349 e. The first-order chi connectivity index (χ1) is 7.69. The Balaban J connectivity index is 2.20. The molecule has 0 saturated carbocycles. The lowest BCUT2D eigenvalue weighted by Crippen LogP contribution is -2.00. The Hall–Kier alpha value is -1.68. The highest BCUT2D eigenvalue weighted by molar-refractivity contribution is 5.20. The van der Waals surface area contributed by atoms with Gasteiger partial charge in [-0.15, -0.1) is 0 Å². The summed E-state index contributed by atoms with van der Waals surface area (Å²) >= 11 is 0. The van der Waals surface area contributed by atoms with Crippen LogP contribution in [-0.4, -0.2) is 4.57 Å². The summed E-state index contributed by atoms with van der Waals surface area (Å²) < 4.78 is 27.8. The van der Waals surface area contributed by atoms with Crippen LogP contribution in [-0.2, 0) is 13.1 Å². The third-order valence-corrected chi connectivity index (χ3v) is 2.42. The van der Waals surface area contributed by atoms with Gasteiger partial charge in [0.05, 0.1) is 0 Å². The predicted molar refractivity (Wildman–Crippen MR) is 57.8 cm³/mol. The van der Waals surface area contributed by atoms with Crippen LogP contribution in [0.15, 0.2) is 36.7 Å². The number of halogens is 2. The Morgan fingerprint density at radius 3 is 2.62 bits per heavy atom. The summed E-state index contributed by atoms with van der Waals surface area (Å²) in [4.78, 5) is 0. The van der Waals surface area contributed by atoms with Crippen LogP contribution in [0.1, 0.15) is 11.1 Å². The normalized spacial score (nSPS) is 10.7. The van der Waals surface area contributed by atoms with Gasteiger partial charge < -0.3 is 10.3 Å². The lowest BCUT2D eigenvalue weighted by Gasteiger charge is -2.04. The quantitative estimate of drug-likeness (QED) is 0.848. The summed E-state index contributed by atoms with van der Waals surface area (Å²) in [5.41, 5.74) is 6.92. The van der Waals surface area contributed by atoms with E-state index in [0.717, 1.165) is 11.6 Å². The maximum absolute atomic E-state index is 13.3. The van der Waals surface area contributed by atoms with Gasteiger partial charge >= 0.3 is 0 Å². The fourth-order valence-electron chi connectivity index (χ4n) is 1.56. The Labute approximate surface area is 92.3 Å². The average molecular weight is 222 g/mol. The Bertz CT molecular complexity index is 492. The minimum Gasteiger partial charge on any atom is -0.349 e. The fourth-order valence-corrected chi connectivity index (χ4v) is 1.56. The number of nitrogens with zero attached hydrogens (tertiary/aromatic N) is 1. The number of aromatic nitrogens is 1. The summed E-state index contributed by atoms with van der Waals surface area (Å²) in [6, 6.07) is 5.47. The molecule has 0 atom stereocenters. The third-order valence-electron chi connectivity index (χ3n) is 2.42. The van der Waals surface area contributed by atoms with E-state index in [-0.39, 0.29) is 0 Å². The van der Waals surface area contributed by atoms with Gasteiger partial charge in [0.25, 0.3) is 0 Å². The van der Waals surface area contributed by atoms with E-state index in [1.54, 1.807) is 0 Å². The molecule has 0 saturated heterocycles. The van der Waals surface area contributed by atoms with Crippen LogP contribution in [0.4, 0.5) is 8.78 Å². The lowest BCUT2D eigenvalue weighted by molar-refractivity contribution is 0.566. The second-order valence-corrected chi connectivity index (χ2v) is 3.63. The Kier molecular flexibility index (Phi) is 3.01. The molecule has 4 heteroatoms. The molecular weight excluding hydrogens is 210 g/mol. The molecule has 0 aliphatic carbocycles. The van der Waals surface area contributed by atoms with Crippen LogP contribution >= 0.6 is 0 Å². The van der Waals surface area contributed by atoms with Crippen LogP contribution in [0, 0.1) is 11.6 Å². The van der Waals surface area contributed by atoms with E-state index in [1.165, 1.54) is 12.1 Å². The zero-order valence-corrected chi connectivity index (χ0v) is 8.66. The van der Waals surface area contributed by atoms with E-state index in [2.05, 4.69) is 0 Å². The van der Waals surface area contributed by atoms with Crippen molar-refractivity contribution in [1.29, 1.82) is 0 Å². The van der Waals surface area contributed by atoms with E-state index in [9.17, 15) is 8.78 Å². The van der Waals surface area contributed by atoms with Gasteiger partial charge in [-0.05, 0) is 17.7 Å². The monoisotopic (exact) mass is 222 g/mol. The standard InChI is InChI=1S/C12H12F2N2/c13-11-2-1-10(12(14)5-11)8-16-4-3-9(6-15)7-16/h1-5,7H,6,8,15H2. The molecular formula is C12H12F2N2. The van der Waals surface area contributed by atoms with Crippen LogP contribution in [0.2, 0.25) is 0 Å². The molecule has 0 spiro atoms. The highest BCUT2D eigenvalue weighted by Crippen LogP contribution is 2.12. The summed E-state index contributed by atoms with van der Waals surface area (Å²) in [7, 11) is 0. The summed E-state index contributed by atoms with van der Waals surface area (Å²) in [6.45, 7) is 0.838. The smallest absolute Gasteiger partial charge is 0.131 e. The Morgan fingerprint density at radius 1 is 1.19 bits per heavy atom. The topological polar surface area (TPSA) is 30.9 Å². The van der Waals surface area contributed by atoms with E-state index in [4.69, 9.17) is 5.73 Å². The molecule has 0 amide bonds. The second-order valence-electron chi connectivity index (χ2n) is 3.63. The van der Waals surface area contributed by atoms with Gasteiger partial charge in [0.15, 0.2) is 0 Å². The van der Waals surface area contributed by atoms with Gasteiger partial charge in [-0.25, -0.2) is 8.78 Å². The molecule has 1 aromatic carbocycles. The zero-order valence-electron chi connectivity index (χ0n) is 8.66. The van der Waals surface area contributed by atoms with Gasteiger partial charge in [0, 0.05) is 37.1 Å². The molecule has 84 valence electrons. The first-order valence-electron chi connectivity index (χ1n) is 4.97. The molecule has 1 aromatic heterocycles. The predicted octanol–water partition coefficient (Wildman–Crippen LogP) is 2.27. The molecule has 0 aliphatic heterocycles. The number of rotatable bonds is 3. The molecule has 0 fully saturated rings. The second kappa shape index (κ2) is 4.45. The summed E-state index contributed by atoms with van der Waals surface area (Å²) in [5.74, 6) is -1.08. The molecule has 2 aromatic rings. The van der Waals surface area contributed by atoms with E-state index < -0.39 is 11.6 Å². The number of nitrogens with two attached hydrogens (primary N) is 1. The minimum atomic E-state index is -0.559. The minimum absolute atomic E-state index is 0.381. The van der Waals surface area contributed by atoms with Gasteiger partial charge in [-0.1, -0.05) is 6.07 Å². The number of benzene rings is 1. The molecule has 1 heterocycles. The highest BCUT2D eigenvalue weighted by Gasteiger charge is 2.04. The SMILES string of the molecule is NCc1ccn(Cc2ccc(F)cc2F)c1. The van der Waals surface area contributed by atoms with Crippen molar-refractivity contribution in [2.45, 2.75) is 13.1 Å². The maximum atomic E-state index is 13.3. The summed E-state index contributed by atoms with van der Waals surface area (Å²) in [6.07, 6.45) is 3.67. The van der Waals surface area contributed by atoms with Crippen LogP contribution in [0.5, 0.6) is 0 Å².